The summed E-state index contributed by atoms with van der Waals surface area (Å²) < 4.78 is 60.2. The molecule has 0 radical (unpaired) electrons. The third kappa shape index (κ3) is 7.55. The van der Waals surface area contributed by atoms with E-state index in [1.807, 2.05) is 38.1 Å². The van der Waals surface area contributed by atoms with Crippen molar-refractivity contribution in [3.63, 3.8) is 0 Å². The first-order valence-electron chi connectivity index (χ1n) is 14.3. The van der Waals surface area contributed by atoms with Crippen LogP contribution in [0.25, 0.3) is 10.9 Å². The van der Waals surface area contributed by atoms with Crippen molar-refractivity contribution in [2.45, 2.75) is 38.9 Å². The van der Waals surface area contributed by atoms with E-state index in [0.717, 1.165) is 10.9 Å². The number of ether oxygens (including phenoxy) is 4. The molecule has 1 aromatic heterocycles. The molecule has 1 atom stereocenters. The van der Waals surface area contributed by atoms with Crippen molar-refractivity contribution in [2.75, 3.05) is 25.6 Å². The number of nitrogens with one attached hydrogen (secondary N) is 1. The predicted octanol–water partition coefficient (Wildman–Crippen LogP) is 7.00. The van der Waals surface area contributed by atoms with Gasteiger partial charge in [0.15, 0.2) is 0 Å². The first-order chi connectivity index (χ1) is 21.7. The molecule has 45 heavy (non-hydrogen) atoms. The minimum atomic E-state index is -2.31. The van der Waals surface area contributed by atoms with Gasteiger partial charge >= 0.3 is 0 Å². The SMILES string of the molecule is COc1cc2ncnc(Nc3ccc(OCc4cccc(F)c4)c(Cl)c3)c2cc1C1(CCOCC(C(C)C)=S(=O)=O)CC=CO1. The van der Waals surface area contributed by atoms with Gasteiger partial charge in [-0.15, -0.1) is 0 Å². The van der Waals surface area contributed by atoms with Crippen molar-refractivity contribution in [3.8, 4) is 11.5 Å². The second-order valence-electron chi connectivity index (χ2n) is 10.8. The van der Waals surface area contributed by atoms with Crippen LogP contribution < -0.4 is 14.8 Å². The lowest BCUT2D eigenvalue weighted by atomic mass is 9.86. The van der Waals surface area contributed by atoms with Crippen LogP contribution in [0, 0.1) is 11.7 Å². The molecule has 4 aromatic rings. The van der Waals surface area contributed by atoms with E-state index in [4.69, 9.17) is 30.5 Å². The van der Waals surface area contributed by atoms with Crippen molar-refractivity contribution >= 4 is 49.2 Å². The van der Waals surface area contributed by atoms with Crippen LogP contribution in [0.15, 0.2) is 73.3 Å². The number of benzene rings is 3. The van der Waals surface area contributed by atoms with Crippen molar-refractivity contribution in [1.82, 2.24) is 9.97 Å². The summed E-state index contributed by atoms with van der Waals surface area (Å²) in [6.45, 7) is 4.09. The Balaban J connectivity index is 1.38. The second-order valence-corrected chi connectivity index (χ2v) is 12.2. The third-order valence-corrected chi connectivity index (χ3v) is 8.83. The molecule has 0 bridgehead atoms. The highest BCUT2D eigenvalue weighted by molar-refractivity contribution is 7.73. The number of anilines is 2. The Kier molecular flexibility index (Phi) is 10.2. The first kappa shape index (κ1) is 32.2. The molecule has 1 aliphatic heterocycles. The summed E-state index contributed by atoms with van der Waals surface area (Å²) in [5.41, 5.74) is 2.00. The minimum absolute atomic E-state index is 0.0191. The molecule has 1 unspecified atom stereocenters. The molecular weight excluding hydrogens is 621 g/mol. The molecule has 1 N–H and O–H groups in total. The number of fused-ring (bicyclic) bond motifs is 1. The fourth-order valence-corrected chi connectivity index (χ4v) is 5.88. The van der Waals surface area contributed by atoms with Gasteiger partial charge in [-0.05, 0) is 54.0 Å². The minimum Gasteiger partial charge on any atom is -0.496 e. The molecule has 2 heterocycles. The van der Waals surface area contributed by atoms with E-state index in [2.05, 4.69) is 15.3 Å². The summed E-state index contributed by atoms with van der Waals surface area (Å²) in [5, 5.41) is 4.43. The van der Waals surface area contributed by atoms with Crippen molar-refractivity contribution < 1.29 is 31.8 Å². The topological polar surface area (TPSA) is 109 Å². The predicted molar refractivity (Wildman–Crippen MR) is 172 cm³/mol. The molecule has 0 aliphatic carbocycles. The van der Waals surface area contributed by atoms with Gasteiger partial charge < -0.3 is 24.3 Å². The Morgan fingerprint density at radius 1 is 1.13 bits per heavy atom. The van der Waals surface area contributed by atoms with Gasteiger partial charge in [-0.2, -0.15) is 8.42 Å². The maximum Gasteiger partial charge on any atom is 0.215 e. The lowest BCUT2D eigenvalue weighted by Gasteiger charge is -2.31. The molecule has 3 aromatic carbocycles. The average molecular weight is 654 g/mol. The molecule has 12 heteroatoms. The zero-order chi connectivity index (χ0) is 32.0. The standard InChI is InChI=1S/C33H33ClFN3O6S/c1-21(2)31(45(39)40)19-42-13-11-33(10-5-12-44-33)26-16-25-28(17-30(26)41-3)36-20-37-32(25)38-24-8-9-29(27(34)15-24)43-18-22-6-4-7-23(35)14-22/h4-9,12,14-17,20-21H,10-11,13,18-19H2,1-3H3,(H,36,37,38). The molecule has 0 fully saturated rings. The molecule has 236 valence electrons. The fraction of sp³-hybridized carbons (Fsp3) is 0.303. The van der Waals surface area contributed by atoms with Gasteiger partial charge in [-0.25, -0.2) is 14.4 Å². The lowest BCUT2D eigenvalue weighted by molar-refractivity contribution is 0.00419. The van der Waals surface area contributed by atoms with Crippen LogP contribution in [-0.2, 0) is 32.0 Å². The molecule has 1 aliphatic rings. The van der Waals surface area contributed by atoms with Gasteiger partial charge in [0.1, 0.15) is 41.7 Å². The van der Waals surface area contributed by atoms with E-state index in [0.29, 0.717) is 56.8 Å². The summed E-state index contributed by atoms with van der Waals surface area (Å²) in [6, 6.07) is 15.2. The summed E-state index contributed by atoms with van der Waals surface area (Å²) in [7, 11) is -0.721. The van der Waals surface area contributed by atoms with Crippen molar-refractivity contribution in [2.24, 2.45) is 5.92 Å². The van der Waals surface area contributed by atoms with Crippen molar-refractivity contribution in [1.29, 1.82) is 0 Å². The van der Waals surface area contributed by atoms with Gasteiger partial charge in [0, 0.05) is 35.5 Å². The Morgan fingerprint density at radius 3 is 2.67 bits per heavy atom. The van der Waals surface area contributed by atoms with Crippen LogP contribution in [0.5, 0.6) is 11.5 Å². The summed E-state index contributed by atoms with van der Waals surface area (Å²) in [6.07, 6.45) is 6.06. The van der Waals surface area contributed by atoms with Gasteiger partial charge in [-0.1, -0.05) is 37.6 Å². The van der Waals surface area contributed by atoms with Crippen LogP contribution in [0.4, 0.5) is 15.9 Å². The van der Waals surface area contributed by atoms with Crippen LogP contribution in [0.1, 0.15) is 37.8 Å². The lowest BCUT2D eigenvalue weighted by Crippen LogP contribution is -2.28. The average Bonchev–Trinajstić information content (AvgIpc) is 3.49. The largest absolute Gasteiger partial charge is 0.496 e. The van der Waals surface area contributed by atoms with Gasteiger partial charge in [0.2, 0.25) is 10.3 Å². The van der Waals surface area contributed by atoms with Crippen LogP contribution >= 0.6 is 11.6 Å². The number of methoxy groups -OCH3 is 1. The molecule has 0 amide bonds. The number of halogens is 2. The summed E-state index contributed by atoms with van der Waals surface area (Å²) in [4.78, 5) is 9.27. The second kappa shape index (κ2) is 14.3. The Bertz CT molecular complexity index is 1850. The molecule has 9 nitrogen and oxygen atoms in total. The highest BCUT2D eigenvalue weighted by atomic mass is 35.5. The third-order valence-electron chi connectivity index (χ3n) is 7.52. The first-order valence-corrected chi connectivity index (χ1v) is 15.8. The maximum atomic E-state index is 13.5. The van der Waals surface area contributed by atoms with E-state index in [-0.39, 0.29) is 31.6 Å². The van der Waals surface area contributed by atoms with E-state index in [9.17, 15) is 12.8 Å². The monoisotopic (exact) mass is 653 g/mol. The van der Waals surface area contributed by atoms with Crippen LogP contribution in [-0.4, -0.2) is 43.6 Å². The molecule has 0 saturated heterocycles. The summed E-state index contributed by atoms with van der Waals surface area (Å²) in [5.74, 6) is 1.12. The van der Waals surface area contributed by atoms with Gasteiger partial charge in [0.25, 0.3) is 0 Å². The highest BCUT2D eigenvalue weighted by Gasteiger charge is 2.38. The molecule has 0 saturated carbocycles. The zero-order valence-electron chi connectivity index (χ0n) is 25.0. The normalized spacial score (nSPS) is 15.7. The fourth-order valence-electron chi connectivity index (χ4n) is 5.08. The Labute approximate surface area is 267 Å². The molecule has 5 rings (SSSR count). The van der Waals surface area contributed by atoms with E-state index < -0.39 is 15.9 Å². The number of rotatable bonds is 13. The zero-order valence-corrected chi connectivity index (χ0v) is 26.6. The quantitative estimate of drug-likeness (QED) is 0.121. The van der Waals surface area contributed by atoms with Gasteiger partial charge in [-0.3, -0.25) is 0 Å². The Hall–Kier alpha value is -4.19. The van der Waals surface area contributed by atoms with Crippen molar-refractivity contribution in [3.05, 3.63) is 95.2 Å². The number of hydrogen-bond acceptors (Lipinski definition) is 9. The number of aromatic nitrogens is 2. The van der Waals surface area contributed by atoms with E-state index >= 15 is 0 Å². The van der Waals surface area contributed by atoms with E-state index in [1.165, 1.54) is 18.5 Å². The van der Waals surface area contributed by atoms with Crippen LogP contribution in [0.3, 0.4) is 0 Å². The molecular formula is C33H33ClFN3O6S. The summed E-state index contributed by atoms with van der Waals surface area (Å²) >= 11 is 6.54. The highest BCUT2D eigenvalue weighted by Crippen LogP contribution is 2.44. The van der Waals surface area contributed by atoms with Crippen LogP contribution in [0.2, 0.25) is 5.02 Å². The smallest absolute Gasteiger partial charge is 0.215 e. The maximum absolute atomic E-state index is 13.5. The number of hydrogen-bond donors (Lipinski definition) is 1. The molecule has 0 spiro atoms. The van der Waals surface area contributed by atoms with E-state index in [1.54, 1.807) is 37.6 Å². The number of nitrogens with zero attached hydrogens (tertiary/aromatic N) is 2. The van der Waals surface area contributed by atoms with Gasteiger partial charge in [0.05, 0.1) is 42.0 Å². The Morgan fingerprint density at radius 2 is 1.98 bits per heavy atom.